The van der Waals surface area contributed by atoms with Crippen LogP contribution in [-0.2, 0) is 14.8 Å². The minimum absolute atomic E-state index is 0. The zero-order chi connectivity index (χ0) is 20.1. The predicted molar refractivity (Wildman–Crippen MR) is 115 cm³/mol. The molecule has 162 valence electrons. The van der Waals surface area contributed by atoms with Gasteiger partial charge in [-0.05, 0) is 12.1 Å². The van der Waals surface area contributed by atoms with Gasteiger partial charge >= 0.3 is 0 Å². The van der Waals surface area contributed by atoms with Gasteiger partial charge in [-0.3, -0.25) is 9.79 Å². The molecule has 1 aromatic carbocycles. The van der Waals surface area contributed by atoms with Crippen molar-refractivity contribution in [3.05, 3.63) is 18.2 Å². The quantitative estimate of drug-likeness (QED) is 0.659. The highest BCUT2D eigenvalue weighted by molar-refractivity contribution is 8.14. The van der Waals surface area contributed by atoms with E-state index in [2.05, 4.69) is 10.3 Å². The van der Waals surface area contributed by atoms with E-state index in [9.17, 15) is 13.2 Å². The van der Waals surface area contributed by atoms with Gasteiger partial charge in [0.05, 0.1) is 31.4 Å². The number of nitrogens with one attached hydrogen (secondary N) is 1. The number of amidine groups is 1. The second-order valence-corrected chi connectivity index (χ2v) is 9.11. The molecule has 0 bridgehead atoms. The van der Waals surface area contributed by atoms with Crippen LogP contribution in [0.3, 0.4) is 0 Å². The Morgan fingerprint density at radius 2 is 1.86 bits per heavy atom. The van der Waals surface area contributed by atoms with Crippen LogP contribution in [0.1, 0.15) is 0 Å². The van der Waals surface area contributed by atoms with Crippen LogP contribution in [0.25, 0.3) is 0 Å². The van der Waals surface area contributed by atoms with Crippen molar-refractivity contribution >= 4 is 45.3 Å². The maximum absolute atomic E-state index is 12.9. The minimum atomic E-state index is -3.67. The molecule has 1 saturated heterocycles. The Bertz CT molecular complexity index is 857. The van der Waals surface area contributed by atoms with Crippen molar-refractivity contribution in [3.8, 4) is 11.5 Å². The van der Waals surface area contributed by atoms with E-state index in [-0.39, 0.29) is 36.3 Å². The van der Waals surface area contributed by atoms with E-state index in [0.29, 0.717) is 30.3 Å². The van der Waals surface area contributed by atoms with Gasteiger partial charge in [0.15, 0.2) is 16.7 Å². The van der Waals surface area contributed by atoms with Gasteiger partial charge in [-0.15, -0.1) is 12.4 Å². The van der Waals surface area contributed by atoms with Gasteiger partial charge < -0.3 is 19.7 Å². The predicted octanol–water partition coefficient (Wildman–Crippen LogP) is 0.651. The van der Waals surface area contributed by atoms with Crippen molar-refractivity contribution in [1.29, 1.82) is 0 Å². The van der Waals surface area contributed by atoms with Crippen LogP contribution in [0.4, 0.5) is 0 Å². The summed E-state index contributed by atoms with van der Waals surface area (Å²) in [5.74, 6) is 1.12. The second kappa shape index (κ2) is 10.4. The first-order valence-electron chi connectivity index (χ1n) is 8.87. The number of carbonyl (C=O) groups excluding carboxylic acids is 1. The highest BCUT2D eigenvalue weighted by atomic mass is 35.5. The molecule has 12 heteroatoms. The van der Waals surface area contributed by atoms with Crippen LogP contribution in [0.15, 0.2) is 28.1 Å². The summed E-state index contributed by atoms with van der Waals surface area (Å²) in [5, 5.41) is 3.91. The standard InChI is InChI=1S/C17H24N4O5S2.ClH/c1-25-14-4-3-13(11-15(14)26-2)28(23,24)21-9-7-20(8-10-21)16(22)12-27-17-18-5-6-19-17;/h3-4,11H,5-10,12H2,1-2H3,(H,18,19);1H. The molecule has 29 heavy (non-hydrogen) atoms. The van der Waals surface area contributed by atoms with Gasteiger partial charge in [-0.1, -0.05) is 11.8 Å². The van der Waals surface area contributed by atoms with E-state index >= 15 is 0 Å². The third kappa shape index (κ3) is 5.47. The Morgan fingerprint density at radius 1 is 1.17 bits per heavy atom. The summed E-state index contributed by atoms with van der Waals surface area (Å²) in [6.45, 7) is 2.79. The number of hydrogen-bond acceptors (Lipinski definition) is 8. The van der Waals surface area contributed by atoms with E-state index in [4.69, 9.17) is 9.47 Å². The zero-order valence-electron chi connectivity index (χ0n) is 16.3. The van der Waals surface area contributed by atoms with E-state index in [0.717, 1.165) is 18.3 Å². The molecule has 0 unspecified atom stereocenters. The fourth-order valence-corrected chi connectivity index (χ4v) is 5.27. The number of thioether (sulfide) groups is 1. The number of benzene rings is 1. The fraction of sp³-hybridized carbons (Fsp3) is 0.529. The van der Waals surface area contributed by atoms with E-state index in [1.54, 1.807) is 11.0 Å². The number of amides is 1. The SMILES string of the molecule is COc1ccc(S(=O)(=O)N2CCN(C(=O)CSC3=NCCN3)CC2)cc1OC.Cl. The molecule has 1 N–H and O–H groups in total. The molecule has 0 radical (unpaired) electrons. The molecule has 2 aliphatic rings. The molecule has 2 aliphatic heterocycles. The number of piperazine rings is 1. The van der Waals surface area contributed by atoms with Crippen molar-refractivity contribution in [3.63, 3.8) is 0 Å². The van der Waals surface area contributed by atoms with Crippen LogP contribution < -0.4 is 14.8 Å². The molecule has 0 atom stereocenters. The molecule has 1 fully saturated rings. The Kier molecular flexibility index (Phi) is 8.44. The fourth-order valence-electron chi connectivity index (χ4n) is 3.00. The molecule has 0 spiro atoms. The summed E-state index contributed by atoms with van der Waals surface area (Å²) in [6.07, 6.45) is 0. The van der Waals surface area contributed by atoms with E-state index < -0.39 is 10.0 Å². The Morgan fingerprint density at radius 3 is 2.45 bits per heavy atom. The third-order valence-electron chi connectivity index (χ3n) is 4.56. The van der Waals surface area contributed by atoms with Gasteiger partial charge in [0.25, 0.3) is 0 Å². The average Bonchev–Trinajstić information content (AvgIpc) is 3.25. The number of ether oxygens (including phenoxy) is 2. The molecule has 0 aliphatic carbocycles. The zero-order valence-corrected chi connectivity index (χ0v) is 18.7. The normalized spacial score (nSPS) is 17.2. The van der Waals surface area contributed by atoms with Crippen LogP contribution >= 0.6 is 24.2 Å². The monoisotopic (exact) mass is 464 g/mol. The molecule has 0 saturated carbocycles. The largest absolute Gasteiger partial charge is 0.493 e. The molecule has 0 aromatic heterocycles. The summed E-state index contributed by atoms with van der Waals surface area (Å²) in [5.41, 5.74) is 0. The Labute approximate surface area is 181 Å². The number of aliphatic imine (C=N–C) groups is 1. The first-order chi connectivity index (χ1) is 13.5. The molecule has 1 aromatic rings. The summed E-state index contributed by atoms with van der Waals surface area (Å²) >= 11 is 1.39. The van der Waals surface area contributed by atoms with Crippen LogP contribution in [0, 0.1) is 0 Å². The van der Waals surface area contributed by atoms with E-state index in [1.807, 2.05) is 0 Å². The number of sulfonamides is 1. The number of hydrogen-bond donors (Lipinski definition) is 1. The molecular formula is C17H25ClN4O5S2. The molecule has 9 nitrogen and oxygen atoms in total. The summed E-state index contributed by atoms with van der Waals surface area (Å²) in [4.78, 5) is 18.4. The number of halogens is 1. The molecular weight excluding hydrogens is 440 g/mol. The van der Waals surface area contributed by atoms with Crippen LogP contribution in [0.5, 0.6) is 11.5 Å². The molecule has 2 heterocycles. The van der Waals surface area contributed by atoms with Crippen molar-refractivity contribution in [2.75, 3.05) is 59.2 Å². The van der Waals surface area contributed by atoms with E-state index in [1.165, 1.54) is 42.4 Å². The maximum Gasteiger partial charge on any atom is 0.243 e. The lowest BCUT2D eigenvalue weighted by Crippen LogP contribution is -2.51. The van der Waals surface area contributed by atoms with Gasteiger partial charge in [-0.2, -0.15) is 4.31 Å². The minimum Gasteiger partial charge on any atom is -0.493 e. The Balaban J connectivity index is 0.00000300. The number of rotatable bonds is 6. The second-order valence-electron chi connectivity index (χ2n) is 6.20. The maximum atomic E-state index is 12.9. The van der Waals surface area contributed by atoms with Crippen molar-refractivity contribution in [2.45, 2.75) is 4.90 Å². The van der Waals surface area contributed by atoms with Crippen molar-refractivity contribution in [1.82, 2.24) is 14.5 Å². The van der Waals surface area contributed by atoms with Crippen LogP contribution in [-0.4, -0.2) is 87.9 Å². The number of methoxy groups -OCH3 is 2. The first-order valence-corrected chi connectivity index (χ1v) is 11.3. The Hall–Kier alpha value is -1.69. The number of carbonyl (C=O) groups is 1. The van der Waals surface area contributed by atoms with Crippen molar-refractivity contribution in [2.24, 2.45) is 4.99 Å². The highest BCUT2D eigenvalue weighted by Crippen LogP contribution is 2.30. The van der Waals surface area contributed by atoms with Crippen molar-refractivity contribution < 1.29 is 22.7 Å². The van der Waals surface area contributed by atoms with Gasteiger partial charge in [0.2, 0.25) is 15.9 Å². The summed E-state index contributed by atoms with van der Waals surface area (Å²) in [7, 11) is -0.711. The molecule has 3 rings (SSSR count). The lowest BCUT2D eigenvalue weighted by Gasteiger charge is -2.34. The average molecular weight is 465 g/mol. The summed E-state index contributed by atoms with van der Waals surface area (Å²) < 4.78 is 37.6. The third-order valence-corrected chi connectivity index (χ3v) is 7.39. The lowest BCUT2D eigenvalue weighted by atomic mass is 10.3. The molecule has 1 amide bonds. The van der Waals surface area contributed by atoms with Gasteiger partial charge in [0, 0.05) is 38.8 Å². The lowest BCUT2D eigenvalue weighted by molar-refractivity contribution is -0.129. The van der Waals surface area contributed by atoms with Crippen LogP contribution in [0.2, 0.25) is 0 Å². The topological polar surface area (TPSA) is 101 Å². The smallest absolute Gasteiger partial charge is 0.243 e. The number of nitrogens with zero attached hydrogens (tertiary/aromatic N) is 3. The highest BCUT2D eigenvalue weighted by Gasteiger charge is 2.30. The van der Waals surface area contributed by atoms with Gasteiger partial charge in [-0.25, -0.2) is 8.42 Å². The van der Waals surface area contributed by atoms with Gasteiger partial charge in [0.1, 0.15) is 0 Å². The summed E-state index contributed by atoms with van der Waals surface area (Å²) in [6, 6.07) is 4.53. The first kappa shape index (κ1) is 23.6.